The van der Waals surface area contributed by atoms with Crippen molar-refractivity contribution < 1.29 is 4.79 Å². The summed E-state index contributed by atoms with van der Waals surface area (Å²) in [6.07, 6.45) is 1.33. The minimum Gasteiger partial charge on any atom is -0.369 e. The van der Waals surface area contributed by atoms with Crippen molar-refractivity contribution in [3.8, 4) is 0 Å². The molecule has 23 heavy (non-hydrogen) atoms. The second-order valence-electron chi connectivity index (χ2n) is 5.07. The first kappa shape index (κ1) is 17.5. The first-order valence-corrected chi connectivity index (χ1v) is 7.69. The van der Waals surface area contributed by atoms with Gasteiger partial charge >= 0.3 is 0 Å². The van der Waals surface area contributed by atoms with E-state index in [0.29, 0.717) is 28.1 Å². The van der Waals surface area contributed by atoms with Crippen LogP contribution in [0.4, 0.5) is 11.5 Å². The van der Waals surface area contributed by atoms with Crippen LogP contribution in [-0.4, -0.2) is 48.0 Å². The zero-order valence-electron chi connectivity index (χ0n) is 12.8. The minimum atomic E-state index is -0.405. The van der Waals surface area contributed by atoms with Crippen molar-refractivity contribution in [3.63, 3.8) is 0 Å². The summed E-state index contributed by atoms with van der Waals surface area (Å²) in [5, 5.41) is 6.53. The van der Waals surface area contributed by atoms with Crippen molar-refractivity contribution in [2.45, 2.75) is 0 Å². The van der Waals surface area contributed by atoms with Gasteiger partial charge in [0.1, 0.15) is 17.8 Å². The van der Waals surface area contributed by atoms with Crippen LogP contribution in [0.25, 0.3) is 0 Å². The normalized spacial score (nSPS) is 10.7. The van der Waals surface area contributed by atoms with Gasteiger partial charge in [-0.15, -0.1) is 0 Å². The third-order valence-corrected chi connectivity index (χ3v) is 3.60. The molecule has 0 aliphatic rings. The number of hydrogen-bond donors (Lipinski definition) is 2. The van der Waals surface area contributed by atoms with E-state index in [-0.39, 0.29) is 5.69 Å². The summed E-state index contributed by atoms with van der Waals surface area (Å²) in [7, 11) is 3.96. The smallest absolute Gasteiger partial charge is 0.274 e. The van der Waals surface area contributed by atoms with Crippen LogP contribution >= 0.6 is 23.2 Å². The van der Waals surface area contributed by atoms with Gasteiger partial charge in [0, 0.05) is 19.2 Å². The minimum absolute atomic E-state index is 0.225. The fraction of sp³-hybridized carbons (Fsp3) is 0.267. The predicted molar refractivity (Wildman–Crippen MR) is 93.5 cm³/mol. The Balaban J connectivity index is 2.08. The zero-order valence-corrected chi connectivity index (χ0v) is 14.3. The van der Waals surface area contributed by atoms with Crippen molar-refractivity contribution in [1.29, 1.82) is 0 Å². The number of halogens is 2. The molecular weight excluding hydrogens is 337 g/mol. The Hall–Kier alpha value is -1.89. The summed E-state index contributed by atoms with van der Waals surface area (Å²) < 4.78 is 0. The number of carbonyl (C=O) groups excluding carboxylic acids is 1. The number of carbonyl (C=O) groups is 1. The third kappa shape index (κ3) is 5.06. The monoisotopic (exact) mass is 353 g/mol. The van der Waals surface area contributed by atoms with E-state index in [4.69, 9.17) is 23.2 Å². The average molecular weight is 354 g/mol. The molecule has 0 unspecified atom stereocenters. The molecular formula is C15H17Cl2N5O. The molecule has 0 atom stereocenters. The molecule has 0 aliphatic heterocycles. The highest BCUT2D eigenvalue weighted by Gasteiger charge is 2.13. The second-order valence-corrected chi connectivity index (χ2v) is 5.88. The van der Waals surface area contributed by atoms with Crippen LogP contribution in [0.15, 0.2) is 30.6 Å². The lowest BCUT2D eigenvalue weighted by Gasteiger charge is -2.11. The van der Waals surface area contributed by atoms with Gasteiger partial charge in [-0.05, 0) is 26.2 Å². The van der Waals surface area contributed by atoms with Gasteiger partial charge in [-0.3, -0.25) is 4.79 Å². The maximum Gasteiger partial charge on any atom is 0.274 e. The standard InChI is InChI=1S/C15H17Cl2N5O/c1-22(2)7-6-18-13-8-12(19-9-20-13)15(23)21-14-10(16)4-3-5-11(14)17/h3-5,8-9H,6-7H2,1-2H3,(H,21,23)(H,18,19,20). The Morgan fingerprint density at radius 1 is 1.22 bits per heavy atom. The summed E-state index contributed by atoms with van der Waals surface area (Å²) in [6, 6.07) is 6.59. The molecule has 2 aromatic rings. The molecule has 1 heterocycles. The van der Waals surface area contributed by atoms with E-state index in [2.05, 4.69) is 20.6 Å². The second kappa shape index (κ2) is 8.10. The van der Waals surface area contributed by atoms with E-state index in [9.17, 15) is 4.79 Å². The molecule has 0 bridgehead atoms. The Labute approximate surface area is 144 Å². The molecule has 0 saturated carbocycles. The van der Waals surface area contributed by atoms with Gasteiger partial charge < -0.3 is 15.5 Å². The number of hydrogen-bond acceptors (Lipinski definition) is 5. The number of nitrogens with zero attached hydrogens (tertiary/aromatic N) is 3. The highest BCUT2D eigenvalue weighted by Crippen LogP contribution is 2.30. The van der Waals surface area contributed by atoms with Crippen LogP contribution in [0.1, 0.15) is 10.5 Å². The van der Waals surface area contributed by atoms with Crippen molar-refractivity contribution in [1.82, 2.24) is 14.9 Å². The summed E-state index contributed by atoms with van der Waals surface area (Å²) >= 11 is 12.1. The van der Waals surface area contributed by atoms with Crippen LogP contribution in [0.2, 0.25) is 10.0 Å². The number of aromatic nitrogens is 2. The Morgan fingerprint density at radius 3 is 2.57 bits per heavy atom. The number of benzene rings is 1. The predicted octanol–water partition coefficient (Wildman–Crippen LogP) is 3.01. The third-order valence-electron chi connectivity index (χ3n) is 2.97. The quantitative estimate of drug-likeness (QED) is 0.835. The Kier molecular flexibility index (Phi) is 6.15. The van der Waals surface area contributed by atoms with Crippen LogP contribution in [0.3, 0.4) is 0 Å². The molecule has 0 radical (unpaired) electrons. The van der Waals surface area contributed by atoms with Crippen LogP contribution in [0.5, 0.6) is 0 Å². The summed E-state index contributed by atoms with van der Waals surface area (Å²) in [5.41, 5.74) is 0.588. The molecule has 0 spiro atoms. The van der Waals surface area contributed by atoms with Crippen LogP contribution < -0.4 is 10.6 Å². The fourth-order valence-electron chi connectivity index (χ4n) is 1.78. The van der Waals surface area contributed by atoms with Crippen molar-refractivity contribution >= 4 is 40.6 Å². The lowest BCUT2D eigenvalue weighted by Crippen LogP contribution is -2.21. The first-order valence-electron chi connectivity index (χ1n) is 6.93. The molecule has 0 saturated heterocycles. The van der Waals surface area contributed by atoms with Crippen molar-refractivity contribution in [2.75, 3.05) is 37.8 Å². The van der Waals surface area contributed by atoms with E-state index in [0.717, 1.165) is 6.54 Å². The summed E-state index contributed by atoms with van der Waals surface area (Å²) in [6.45, 7) is 1.56. The molecule has 0 fully saturated rings. The van der Waals surface area contributed by atoms with Crippen molar-refractivity contribution in [3.05, 3.63) is 46.3 Å². The maximum atomic E-state index is 12.3. The van der Waals surface area contributed by atoms with E-state index in [1.807, 2.05) is 19.0 Å². The molecule has 0 aliphatic carbocycles. The highest BCUT2D eigenvalue weighted by atomic mass is 35.5. The number of anilines is 2. The van der Waals surface area contributed by atoms with Gasteiger partial charge in [-0.2, -0.15) is 0 Å². The largest absolute Gasteiger partial charge is 0.369 e. The van der Waals surface area contributed by atoms with Gasteiger partial charge in [0.05, 0.1) is 15.7 Å². The van der Waals surface area contributed by atoms with Gasteiger partial charge in [0.2, 0.25) is 0 Å². The lowest BCUT2D eigenvalue weighted by atomic mass is 10.3. The first-order chi connectivity index (χ1) is 11.0. The Bertz CT molecular complexity index is 673. The van der Waals surface area contributed by atoms with E-state index in [1.165, 1.54) is 6.33 Å². The molecule has 1 aromatic heterocycles. The van der Waals surface area contributed by atoms with Gasteiger partial charge in [0.15, 0.2) is 0 Å². The van der Waals surface area contributed by atoms with Gasteiger partial charge in [0.25, 0.3) is 5.91 Å². The lowest BCUT2D eigenvalue weighted by molar-refractivity contribution is 0.102. The van der Waals surface area contributed by atoms with E-state index in [1.54, 1.807) is 24.3 Å². The molecule has 2 rings (SSSR count). The van der Waals surface area contributed by atoms with Crippen LogP contribution in [0, 0.1) is 0 Å². The van der Waals surface area contributed by atoms with E-state index >= 15 is 0 Å². The number of nitrogens with one attached hydrogen (secondary N) is 2. The van der Waals surface area contributed by atoms with E-state index < -0.39 is 5.91 Å². The highest BCUT2D eigenvalue weighted by molar-refractivity contribution is 6.40. The maximum absolute atomic E-state index is 12.3. The fourth-order valence-corrected chi connectivity index (χ4v) is 2.27. The molecule has 6 nitrogen and oxygen atoms in total. The van der Waals surface area contributed by atoms with Gasteiger partial charge in [-0.1, -0.05) is 29.3 Å². The molecule has 8 heteroatoms. The van der Waals surface area contributed by atoms with Crippen molar-refractivity contribution in [2.24, 2.45) is 0 Å². The van der Waals surface area contributed by atoms with Crippen LogP contribution in [-0.2, 0) is 0 Å². The molecule has 2 N–H and O–H groups in total. The van der Waals surface area contributed by atoms with Gasteiger partial charge in [-0.25, -0.2) is 9.97 Å². The molecule has 122 valence electrons. The Morgan fingerprint density at radius 2 is 1.91 bits per heavy atom. The number of likely N-dealkylation sites (N-methyl/N-ethyl adjacent to an activating group) is 1. The SMILES string of the molecule is CN(C)CCNc1cc(C(=O)Nc2c(Cl)cccc2Cl)ncn1. The molecule has 1 aromatic carbocycles. The average Bonchev–Trinajstić information content (AvgIpc) is 2.51. The number of amides is 1. The zero-order chi connectivity index (χ0) is 16.8. The summed E-state index contributed by atoms with van der Waals surface area (Å²) in [4.78, 5) is 22.4. The number of para-hydroxylation sites is 1. The number of rotatable bonds is 6. The molecule has 1 amide bonds. The topological polar surface area (TPSA) is 70.2 Å². The summed E-state index contributed by atoms with van der Waals surface area (Å²) in [5.74, 6) is 0.176.